The highest BCUT2D eigenvalue weighted by molar-refractivity contribution is 7.14. The number of rotatable bonds is 4. The van der Waals surface area contributed by atoms with Crippen molar-refractivity contribution in [3.05, 3.63) is 68.0 Å². The van der Waals surface area contributed by atoms with Crippen LogP contribution in [0.1, 0.15) is 43.0 Å². The molecule has 0 spiro atoms. The number of hydrogen-bond donors (Lipinski definition) is 1. The topological polar surface area (TPSA) is 42.0 Å². The molecular weight excluding hydrogens is 423 g/mol. The van der Waals surface area contributed by atoms with Crippen LogP contribution in [0.5, 0.6) is 0 Å². The molecule has 29 heavy (non-hydrogen) atoms. The number of carbonyl (C=O) groups is 1. The Morgan fingerprint density at radius 3 is 2.34 bits per heavy atom. The lowest BCUT2D eigenvalue weighted by molar-refractivity contribution is -0.115. The van der Waals surface area contributed by atoms with Gasteiger partial charge in [0, 0.05) is 16.0 Å². The standard InChI is InChI=1S/C23H24Cl2N2OS/c1-13-8-15(23(3,4)5)9-14(2)18(13)11-21(28)27-22-26-20(12-29-22)17-7-6-16(24)10-19(17)25/h6-10,12H,11H2,1-5H3,(H,26,27,28). The SMILES string of the molecule is Cc1cc(C(C)(C)C)cc(C)c1CC(=O)Nc1nc(-c2ccc(Cl)cc2Cl)cs1. The van der Waals surface area contributed by atoms with Gasteiger partial charge >= 0.3 is 0 Å². The minimum absolute atomic E-state index is 0.0799. The highest BCUT2D eigenvalue weighted by atomic mass is 35.5. The van der Waals surface area contributed by atoms with Gasteiger partial charge in [0.1, 0.15) is 0 Å². The number of anilines is 1. The maximum Gasteiger partial charge on any atom is 0.230 e. The Kier molecular flexibility index (Phi) is 6.37. The van der Waals surface area contributed by atoms with Crippen molar-refractivity contribution < 1.29 is 4.79 Å². The highest BCUT2D eigenvalue weighted by Crippen LogP contribution is 2.32. The second-order valence-electron chi connectivity index (χ2n) is 8.23. The third kappa shape index (κ3) is 5.19. The van der Waals surface area contributed by atoms with Crippen LogP contribution < -0.4 is 5.32 Å². The molecule has 1 amide bonds. The van der Waals surface area contributed by atoms with E-state index >= 15 is 0 Å². The number of aromatic nitrogens is 1. The van der Waals surface area contributed by atoms with E-state index in [1.165, 1.54) is 16.9 Å². The molecule has 0 unspecified atom stereocenters. The Morgan fingerprint density at radius 1 is 1.10 bits per heavy atom. The van der Waals surface area contributed by atoms with Crippen LogP contribution in [0, 0.1) is 13.8 Å². The van der Waals surface area contributed by atoms with Gasteiger partial charge in [-0.2, -0.15) is 0 Å². The van der Waals surface area contributed by atoms with E-state index in [2.05, 4.69) is 57.1 Å². The molecule has 2 aromatic carbocycles. The molecule has 0 saturated carbocycles. The van der Waals surface area contributed by atoms with E-state index in [0.717, 1.165) is 22.3 Å². The van der Waals surface area contributed by atoms with Gasteiger partial charge in [-0.05, 0) is 59.7 Å². The first-order valence-corrected chi connectivity index (χ1v) is 11.0. The predicted octanol–water partition coefficient (Wildman–Crippen LogP) is 7.21. The van der Waals surface area contributed by atoms with E-state index in [1.54, 1.807) is 12.1 Å². The van der Waals surface area contributed by atoms with E-state index in [4.69, 9.17) is 23.2 Å². The van der Waals surface area contributed by atoms with Gasteiger partial charge in [0.2, 0.25) is 5.91 Å². The Labute approximate surface area is 186 Å². The average Bonchev–Trinajstić information content (AvgIpc) is 3.05. The molecule has 0 aliphatic rings. The Morgan fingerprint density at radius 2 is 1.76 bits per heavy atom. The summed E-state index contributed by atoms with van der Waals surface area (Å²) in [7, 11) is 0. The van der Waals surface area contributed by atoms with Gasteiger partial charge in [-0.25, -0.2) is 4.98 Å². The maximum atomic E-state index is 12.6. The van der Waals surface area contributed by atoms with E-state index in [0.29, 0.717) is 27.3 Å². The summed E-state index contributed by atoms with van der Waals surface area (Å²) in [6.07, 6.45) is 0.318. The Hall–Kier alpha value is -1.88. The molecule has 0 fully saturated rings. The summed E-state index contributed by atoms with van der Waals surface area (Å²) in [6.45, 7) is 10.7. The summed E-state index contributed by atoms with van der Waals surface area (Å²) in [4.78, 5) is 17.1. The van der Waals surface area contributed by atoms with Gasteiger partial charge in [-0.1, -0.05) is 56.1 Å². The first kappa shape index (κ1) is 21.8. The largest absolute Gasteiger partial charge is 0.302 e. The quantitative estimate of drug-likeness (QED) is 0.459. The first-order chi connectivity index (χ1) is 13.5. The molecule has 1 heterocycles. The summed E-state index contributed by atoms with van der Waals surface area (Å²) >= 11 is 13.6. The highest BCUT2D eigenvalue weighted by Gasteiger charge is 2.18. The van der Waals surface area contributed by atoms with Crippen molar-refractivity contribution >= 4 is 45.6 Å². The number of amides is 1. The molecule has 0 radical (unpaired) electrons. The second-order valence-corrected chi connectivity index (χ2v) is 9.93. The number of aryl methyl sites for hydroxylation is 2. The van der Waals surface area contributed by atoms with Gasteiger partial charge in [-0.3, -0.25) is 4.79 Å². The third-order valence-corrected chi connectivity index (χ3v) is 6.16. The van der Waals surface area contributed by atoms with Crippen LogP contribution in [0.4, 0.5) is 5.13 Å². The molecule has 0 aliphatic carbocycles. The van der Waals surface area contributed by atoms with Crippen molar-refractivity contribution in [3.8, 4) is 11.3 Å². The molecule has 3 nitrogen and oxygen atoms in total. The summed E-state index contributed by atoms with van der Waals surface area (Å²) in [5, 5.41) is 6.45. The van der Waals surface area contributed by atoms with E-state index < -0.39 is 0 Å². The summed E-state index contributed by atoms with van der Waals surface area (Å²) in [5.41, 5.74) is 6.20. The predicted molar refractivity (Wildman–Crippen MR) is 125 cm³/mol. The molecule has 0 bridgehead atoms. The minimum atomic E-state index is -0.0807. The van der Waals surface area contributed by atoms with Crippen LogP contribution in [0.15, 0.2) is 35.7 Å². The summed E-state index contributed by atoms with van der Waals surface area (Å²) < 4.78 is 0. The number of thiazole rings is 1. The van der Waals surface area contributed by atoms with Crippen LogP contribution in [-0.2, 0) is 16.6 Å². The number of benzene rings is 2. The van der Waals surface area contributed by atoms with Crippen LogP contribution in [0.3, 0.4) is 0 Å². The lowest BCUT2D eigenvalue weighted by Gasteiger charge is -2.22. The van der Waals surface area contributed by atoms with E-state index in [9.17, 15) is 4.79 Å². The Balaban J connectivity index is 1.75. The van der Waals surface area contributed by atoms with Crippen LogP contribution in [0.25, 0.3) is 11.3 Å². The van der Waals surface area contributed by atoms with Crippen LogP contribution in [-0.4, -0.2) is 10.9 Å². The molecule has 3 aromatic rings. The molecular formula is C23H24Cl2N2OS. The summed E-state index contributed by atoms with van der Waals surface area (Å²) in [5.74, 6) is -0.0807. The normalized spacial score (nSPS) is 11.6. The number of carbonyl (C=O) groups excluding carboxylic acids is 1. The average molecular weight is 447 g/mol. The van der Waals surface area contributed by atoms with Gasteiger partial charge in [-0.15, -0.1) is 11.3 Å². The van der Waals surface area contributed by atoms with Gasteiger partial charge in [0.15, 0.2) is 5.13 Å². The molecule has 1 N–H and O–H groups in total. The molecule has 152 valence electrons. The smallest absolute Gasteiger partial charge is 0.230 e. The number of halogens is 2. The van der Waals surface area contributed by atoms with Crippen molar-refractivity contribution in [2.75, 3.05) is 5.32 Å². The van der Waals surface area contributed by atoms with Crippen LogP contribution >= 0.6 is 34.5 Å². The fraction of sp³-hybridized carbons (Fsp3) is 0.304. The zero-order chi connectivity index (χ0) is 21.3. The van der Waals surface area contributed by atoms with Crippen molar-refractivity contribution in [3.63, 3.8) is 0 Å². The van der Waals surface area contributed by atoms with Crippen molar-refractivity contribution in [2.24, 2.45) is 0 Å². The van der Waals surface area contributed by atoms with Gasteiger partial charge in [0.25, 0.3) is 0 Å². The van der Waals surface area contributed by atoms with Gasteiger partial charge in [0.05, 0.1) is 17.1 Å². The number of nitrogens with one attached hydrogen (secondary N) is 1. The lowest BCUT2D eigenvalue weighted by atomic mass is 9.83. The lowest BCUT2D eigenvalue weighted by Crippen LogP contribution is -2.17. The molecule has 1 aromatic heterocycles. The maximum absolute atomic E-state index is 12.6. The minimum Gasteiger partial charge on any atom is -0.302 e. The first-order valence-electron chi connectivity index (χ1n) is 9.36. The summed E-state index contributed by atoms with van der Waals surface area (Å²) in [6, 6.07) is 9.64. The fourth-order valence-corrected chi connectivity index (χ4v) is 4.41. The zero-order valence-corrected chi connectivity index (χ0v) is 19.5. The zero-order valence-electron chi connectivity index (χ0n) is 17.2. The van der Waals surface area contributed by atoms with Gasteiger partial charge < -0.3 is 5.32 Å². The second kappa shape index (κ2) is 8.47. The molecule has 6 heteroatoms. The van der Waals surface area contributed by atoms with Crippen molar-refractivity contribution in [1.82, 2.24) is 4.98 Å². The number of nitrogens with zero attached hydrogens (tertiary/aromatic N) is 1. The van der Waals surface area contributed by atoms with E-state index in [-0.39, 0.29) is 11.3 Å². The molecule has 3 rings (SSSR count). The van der Waals surface area contributed by atoms with Crippen LogP contribution in [0.2, 0.25) is 10.0 Å². The monoisotopic (exact) mass is 446 g/mol. The fourth-order valence-electron chi connectivity index (χ4n) is 3.18. The Bertz CT molecular complexity index is 1040. The third-order valence-electron chi connectivity index (χ3n) is 4.86. The van der Waals surface area contributed by atoms with Crippen molar-refractivity contribution in [2.45, 2.75) is 46.5 Å². The van der Waals surface area contributed by atoms with Crippen molar-refractivity contribution in [1.29, 1.82) is 0 Å². The molecule has 0 atom stereocenters. The number of hydrogen-bond acceptors (Lipinski definition) is 3. The molecule has 0 saturated heterocycles. The molecule has 0 aliphatic heterocycles. The van der Waals surface area contributed by atoms with E-state index in [1.807, 2.05) is 11.4 Å².